The third-order valence-electron chi connectivity index (χ3n) is 2.09. The van der Waals surface area contributed by atoms with Crippen LogP contribution in [0.4, 0.5) is 28.9 Å². The number of hydrogen-bond acceptors (Lipinski definition) is 3. The van der Waals surface area contributed by atoms with E-state index in [2.05, 4.69) is 5.32 Å². The first-order chi connectivity index (χ1) is 8.35. The van der Waals surface area contributed by atoms with Gasteiger partial charge in [-0.1, -0.05) is 0 Å². The Morgan fingerprint density at radius 1 is 1.33 bits per heavy atom. The lowest BCUT2D eigenvalue weighted by Crippen LogP contribution is -2.34. The number of ether oxygens (including phenoxy) is 1. The Hall–Kier alpha value is -1.66. The van der Waals surface area contributed by atoms with E-state index in [4.69, 9.17) is 10.5 Å². The normalized spacial score (nSPS) is 11.7. The minimum atomic E-state index is -4.09. The van der Waals surface area contributed by atoms with Crippen molar-refractivity contribution in [3.05, 3.63) is 18.2 Å². The molecule has 0 saturated carbocycles. The molecule has 102 valence electrons. The van der Waals surface area contributed by atoms with E-state index in [1.54, 1.807) is 6.92 Å². The Balaban J connectivity index is 2.73. The summed E-state index contributed by atoms with van der Waals surface area (Å²) >= 11 is 0. The minimum absolute atomic E-state index is 0.207. The number of benzene rings is 1. The van der Waals surface area contributed by atoms with Crippen LogP contribution in [-0.4, -0.2) is 25.5 Å². The summed E-state index contributed by atoms with van der Waals surface area (Å²) in [4.78, 5) is 0. The molecule has 0 radical (unpaired) electrons. The van der Waals surface area contributed by atoms with Crippen molar-refractivity contribution < 1.29 is 22.3 Å². The third-order valence-corrected chi connectivity index (χ3v) is 2.09. The number of nitrogens with two attached hydrogens (primary N) is 1. The molecule has 7 heteroatoms. The first-order valence-corrected chi connectivity index (χ1v) is 5.28. The van der Waals surface area contributed by atoms with E-state index >= 15 is 0 Å². The van der Waals surface area contributed by atoms with Crippen molar-refractivity contribution in [1.29, 1.82) is 0 Å². The highest BCUT2D eigenvalue weighted by Crippen LogP contribution is 2.26. The molecule has 0 saturated heterocycles. The van der Waals surface area contributed by atoms with Crippen molar-refractivity contribution in [2.45, 2.75) is 19.3 Å². The summed E-state index contributed by atoms with van der Waals surface area (Å²) in [6, 6.07) is 4.30. The number of halogens is 4. The Labute approximate surface area is 102 Å². The number of alkyl halides is 4. The summed E-state index contributed by atoms with van der Waals surface area (Å²) in [6.07, 6.45) is -3.71. The number of anilines is 2. The van der Waals surface area contributed by atoms with Gasteiger partial charge in [0.1, 0.15) is 5.75 Å². The lowest BCUT2D eigenvalue weighted by Gasteiger charge is -2.17. The SMILES string of the molecule is CCOc1cc(N)cc(NCC(F)(F)C(F)F)c1. The van der Waals surface area contributed by atoms with Gasteiger partial charge in [0.05, 0.1) is 13.2 Å². The highest BCUT2D eigenvalue weighted by molar-refractivity contribution is 5.59. The Morgan fingerprint density at radius 3 is 2.56 bits per heavy atom. The Morgan fingerprint density at radius 2 is 2.00 bits per heavy atom. The number of nitrogen functional groups attached to an aromatic ring is 1. The van der Waals surface area contributed by atoms with E-state index in [1.165, 1.54) is 18.2 Å². The summed E-state index contributed by atoms with van der Waals surface area (Å²) in [6.45, 7) is 0.969. The van der Waals surface area contributed by atoms with Crippen molar-refractivity contribution >= 4 is 11.4 Å². The van der Waals surface area contributed by atoms with Crippen LogP contribution in [0.25, 0.3) is 0 Å². The molecule has 0 fully saturated rings. The lowest BCUT2D eigenvalue weighted by atomic mass is 10.2. The summed E-state index contributed by atoms with van der Waals surface area (Å²) in [5.41, 5.74) is 6.04. The minimum Gasteiger partial charge on any atom is -0.494 e. The molecule has 18 heavy (non-hydrogen) atoms. The average molecular weight is 266 g/mol. The maximum absolute atomic E-state index is 12.7. The van der Waals surface area contributed by atoms with Gasteiger partial charge in [-0.15, -0.1) is 0 Å². The topological polar surface area (TPSA) is 47.3 Å². The molecule has 0 aliphatic heterocycles. The van der Waals surface area contributed by atoms with Crippen molar-refractivity contribution in [3.63, 3.8) is 0 Å². The lowest BCUT2D eigenvalue weighted by molar-refractivity contribution is -0.117. The van der Waals surface area contributed by atoms with Crippen LogP contribution < -0.4 is 15.8 Å². The fourth-order valence-electron chi connectivity index (χ4n) is 1.27. The zero-order valence-electron chi connectivity index (χ0n) is 9.72. The van der Waals surface area contributed by atoms with Crippen LogP contribution in [0.5, 0.6) is 5.75 Å². The van der Waals surface area contributed by atoms with Crippen LogP contribution in [-0.2, 0) is 0 Å². The third kappa shape index (κ3) is 3.97. The maximum atomic E-state index is 12.7. The van der Waals surface area contributed by atoms with Crippen LogP contribution >= 0.6 is 0 Å². The molecule has 0 amide bonds. The molecule has 0 aliphatic rings. The Kier molecular flexibility index (Phi) is 4.63. The van der Waals surface area contributed by atoms with Gasteiger partial charge in [-0.25, -0.2) is 8.78 Å². The van der Waals surface area contributed by atoms with Crippen LogP contribution in [0.3, 0.4) is 0 Å². The average Bonchev–Trinajstić information content (AvgIpc) is 2.26. The predicted molar refractivity (Wildman–Crippen MR) is 61.5 cm³/mol. The smallest absolute Gasteiger partial charge is 0.324 e. The van der Waals surface area contributed by atoms with Crippen molar-refractivity contribution in [3.8, 4) is 5.75 Å². The van der Waals surface area contributed by atoms with Gasteiger partial charge in [0.25, 0.3) is 0 Å². The molecule has 0 aliphatic carbocycles. The van der Waals surface area contributed by atoms with E-state index in [-0.39, 0.29) is 5.69 Å². The summed E-state index contributed by atoms with van der Waals surface area (Å²) in [5.74, 6) is -3.70. The van der Waals surface area contributed by atoms with E-state index in [0.717, 1.165) is 0 Å². The van der Waals surface area contributed by atoms with Crippen molar-refractivity contribution in [1.82, 2.24) is 0 Å². The second-order valence-corrected chi connectivity index (χ2v) is 3.64. The predicted octanol–water partition coefficient (Wildman–Crippen LogP) is 2.98. The second kappa shape index (κ2) is 5.79. The zero-order valence-corrected chi connectivity index (χ0v) is 9.72. The molecule has 1 aromatic rings. The van der Waals surface area contributed by atoms with Crippen LogP contribution in [0.2, 0.25) is 0 Å². The van der Waals surface area contributed by atoms with E-state index < -0.39 is 18.9 Å². The maximum Gasteiger partial charge on any atom is 0.324 e. The molecule has 0 heterocycles. The van der Waals surface area contributed by atoms with E-state index in [1.807, 2.05) is 0 Å². The zero-order chi connectivity index (χ0) is 13.8. The molecule has 0 bridgehead atoms. The van der Waals surface area contributed by atoms with Gasteiger partial charge in [-0.2, -0.15) is 8.78 Å². The van der Waals surface area contributed by atoms with E-state index in [9.17, 15) is 17.6 Å². The fraction of sp³-hybridized carbons (Fsp3) is 0.455. The number of rotatable bonds is 6. The van der Waals surface area contributed by atoms with E-state index in [0.29, 0.717) is 18.0 Å². The number of hydrogen-bond donors (Lipinski definition) is 2. The van der Waals surface area contributed by atoms with Crippen molar-refractivity contribution in [2.24, 2.45) is 0 Å². The molecule has 1 rings (SSSR count). The van der Waals surface area contributed by atoms with Crippen LogP contribution in [0.1, 0.15) is 6.92 Å². The van der Waals surface area contributed by atoms with Crippen LogP contribution in [0, 0.1) is 0 Å². The number of nitrogens with one attached hydrogen (secondary N) is 1. The van der Waals surface area contributed by atoms with Gasteiger partial charge in [-0.3, -0.25) is 0 Å². The first kappa shape index (κ1) is 14.4. The fourth-order valence-corrected chi connectivity index (χ4v) is 1.27. The molecule has 0 unspecified atom stereocenters. The van der Waals surface area contributed by atoms with Gasteiger partial charge >= 0.3 is 12.3 Å². The van der Waals surface area contributed by atoms with Gasteiger partial charge in [-0.05, 0) is 13.0 Å². The van der Waals surface area contributed by atoms with Gasteiger partial charge in [0.15, 0.2) is 0 Å². The van der Waals surface area contributed by atoms with Gasteiger partial charge in [0.2, 0.25) is 0 Å². The highest BCUT2D eigenvalue weighted by Gasteiger charge is 2.40. The summed E-state index contributed by atoms with van der Waals surface area (Å²) < 4.78 is 54.5. The monoisotopic (exact) mass is 266 g/mol. The molecular formula is C11H14F4N2O. The Bertz CT molecular complexity index is 399. The molecule has 1 aromatic carbocycles. The van der Waals surface area contributed by atoms with Crippen molar-refractivity contribution in [2.75, 3.05) is 24.2 Å². The standard InChI is InChI=1S/C11H14F4N2O/c1-2-18-9-4-7(16)3-8(5-9)17-6-11(14,15)10(12)13/h3-5,10,17H,2,6,16H2,1H3. The summed E-state index contributed by atoms with van der Waals surface area (Å²) in [5, 5.41) is 2.22. The summed E-state index contributed by atoms with van der Waals surface area (Å²) in [7, 11) is 0. The first-order valence-electron chi connectivity index (χ1n) is 5.28. The molecule has 3 N–H and O–H groups in total. The molecule has 3 nitrogen and oxygen atoms in total. The van der Waals surface area contributed by atoms with Crippen LogP contribution in [0.15, 0.2) is 18.2 Å². The molecule has 0 atom stereocenters. The molecule has 0 aromatic heterocycles. The largest absolute Gasteiger partial charge is 0.494 e. The molecule has 0 spiro atoms. The van der Waals surface area contributed by atoms with Gasteiger partial charge < -0.3 is 15.8 Å². The second-order valence-electron chi connectivity index (χ2n) is 3.64. The molecular weight excluding hydrogens is 252 g/mol. The van der Waals surface area contributed by atoms with Gasteiger partial charge in [0, 0.05) is 23.5 Å². The highest BCUT2D eigenvalue weighted by atomic mass is 19.3. The quantitative estimate of drug-likeness (QED) is 0.614.